The predicted molar refractivity (Wildman–Crippen MR) is 53.7 cm³/mol. The molecule has 4 heteroatoms. The first-order valence-electron chi connectivity index (χ1n) is 4.37. The van der Waals surface area contributed by atoms with E-state index in [2.05, 4.69) is 9.97 Å². The van der Waals surface area contributed by atoms with E-state index in [1.54, 1.807) is 12.4 Å². The fourth-order valence-electron chi connectivity index (χ4n) is 1.36. The normalized spacial score (nSPS) is 13.0. The number of aromatic nitrogens is 2. The minimum Gasteiger partial charge on any atom is -0.360 e. The Morgan fingerprint density at radius 1 is 1.64 bits per heavy atom. The van der Waals surface area contributed by atoms with Gasteiger partial charge in [0.15, 0.2) is 5.78 Å². The van der Waals surface area contributed by atoms with Gasteiger partial charge in [-0.1, -0.05) is 0 Å². The molecule has 0 saturated carbocycles. The molecule has 0 bridgehead atoms. The van der Waals surface area contributed by atoms with Crippen LogP contribution in [0.2, 0.25) is 0 Å². The largest absolute Gasteiger partial charge is 0.360 e. The highest BCUT2D eigenvalue weighted by Crippen LogP contribution is 2.15. The fraction of sp³-hybridized carbons (Fsp3) is 0.200. The SMILES string of the molecule is CC(=O)[C@@H](N)c1cnc2cc[nH]c2c1. The van der Waals surface area contributed by atoms with Crippen LogP contribution in [-0.2, 0) is 4.79 Å². The Hall–Kier alpha value is -1.68. The maximum absolute atomic E-state index is 11.1. The summed E-state index contributed by atoms with van der Waals surface area (Å²) < 4.78 is 0. The summed E-state index contributed by atoms with van der Waals surface area (Å²) in [6, 6.07) is 3.16. The van der Waals surface area contributed by atoms with Gasteiger partial charge >= 0.3 is 0 Å². The Kier molecular flexibility index (Phi) is 2.05. The average Bonchev–Trinajstić information content (AvgIpc) is 2.62. The van der Waals surface area contributed by atoms with Crippen molar-refractivity contribution in [3.63, 3.8) is 0 Å². The number of carbonyl (C=O) groups excluding carboxylic acids is 1. The molecule has 0 saturated heterocycles. The summed E-state index contributed by atoms with van der Waals surface area (Å²) in [6.45, 7) is 1.48. The van der Waals surface area contributed by atoms with Crippen LogP contribution in [-0.4, -0.2) is 15.8 Å². The third-order valence-corrected chi connectivity index (χ3v) is 2.22. The number of nitrogens with zero attached hydrogens (tertiary/aromatic N) is 1. The standard InChI is InChI=1S/C10H11N3O/c1-6(14)10(11)7-4-9-8(13-5-7)2-3-12-9/h2-5,10,12H,11H2,1H3/t10-/m1/s1. The number of H-pyrrole nitrogens is 1. The average molecular weight is 189 g/mol. The third kappa shape index (κ3) is 1.40. The number of nitrogens with two attached hydrogens (primary N) is 1. The summed E-state index contributed by atoms with van der Waals surface area (Å²) in [5, 5.41) is 0. The van der Waals surface area contributed by atoms with Gasteiger partial charge in [0, 0.05) is 12.4 Å². The number of hydrogen-bond donors (Lipinski definition) is 2. The van der Waals surface area contributed by atoms with E-state index in [1.807, 2.05) is 12.1 Å². The summed E-state index contributed by atoms with van der Waals surface area (Å²) in [4.78, 5) is 18.3. The molecule has 3 N–H and O–H groups in total. The van der Waals surface area contributed by atoms with Crippen molar-refractivity contribution in [2.75, 3.05) is 0 Å². The van der Waals surface area contributed by atoms with E-state index < -0.39 is 6.04 Å². The van der Waals surface area contributed by atoms with Crippen molar-refractivity contribution in [3.05, 3.63) is 30.1 Å². The van der Waals surface area contributed by atoms with E-state index in [0.29, 0.717) is 0 Å². The lowest BCUT2D eigenvalue weighted by molar-refractivity contribution is -0.118. The molecule has 0 amide bonds. The number of pyridine rings is 1. The van der Waals surface area contributed by atoms with Gasteiger partial charge < -0.3 is 10.7 Å². The molecule has 14 heavy (non-hydrogen) atoms. The molecule has 0 unspecified atom stereocenters. The zero-order chi connectivity index (χ0) is 10.1. The maximum Gasteiger partial charge on any atom is 0.151 e. The maximum atomic E-state index is 11.1. The van der Waals surface area contributed by atoms with Crippen LogP contribution in [0.4, 0.5) is 0 Å². The summed E-state index contributed by atoms with van der Waals surface area (Å²) >= 11 is 0. The molecule has 0 aromatic carbocycles. The molecule has 4 nitrogen and oxygen atoms in total. The number of aromatic amines is 1. The smallest absolute Gasteiger partial charge is 0.151 e. The molecule has 0 spiro atoms. The van der Waals surface area contributed by atoms with Crippen molar-refractivity contribution in [1.29, 1.82) is 0 Å². The molecule has 72 valence electrons. The highest BCUT2D eigenvalue weighted by atomic mass is 16.1. The molecular weight excluding hydrogens is 178 g/mol. The summed E-state index contributed by atoms with van der Waals surface area (Å²) in [5.41, 5.74) is 8.22. The predicted octanol–water partition coefficient (Wildman–Crippen LogP) is 1.15. The molecule has 0 fully saturated rings. The molecule has 2 rings (SSSR count). The molecule has 0 aliphatic carbocycles. The van der Waals surface area contributed by atoms with Gasteiger partial charge in [0.25, 0.3) is 0 Å². The fourth-order valence-corrected chi connectivity index (χ4v) is 1.36. The van der Waals surface area contributed by atoms with E-state index in [9.17, 15) is 4.79 Å². The van der Waals surface area contributed by atoms with Gasteiger partial charge in [-0.05, 0) is 24.6 Å². The number of fused-ring (bicyclic) bond motifs is 1. The molecule has 1 atom stereocenters. The number of ketones is 1. The van der Waals surface area contributed by atoms with Gasteiger partial charge in [-0.15, -0.1) is 0 Å². The number of Topliss-reactive ketones (excluding diaryl/α,β-unsaturated/α-hetero) is 1. The summed E-state index contributed by atoms with van der Waals surface area (Å²) in [6.07, 6.45) is 3.45. The van der Waals surface area contributed by atoms with Crippen LogP contribution in [0, 0.1) is 0 Å². The second kappa shape index (κ2) is 3.23. The van der Waals surface area contributed by atoms with Gasteiger partial charge in [0.2, 0.25) is 0 Å². The molecular formula is C10H11N3O. The van der Waals surface area contributed by atoms with Crippen LogP contribution < -0.4 is 5.73 Å². The topological polar surface area (TPSA) is 71.8 Å². The van der Waals surface area contributed by atoms with Crippen molar-refractivity contribution in [2.45, 2.75) is 13.0 Å². The highest BCUT2D eigenvalue weighted by Gasteiger charge is 2.11. The van der Waals surface area contributed by atoms with E-state index >= 15 is 0 Å². The Morgan fingerprint density at radius 3 is 3.14 bits per heavy atom. The van der Waals surface area contributed by atoms with E-state index in [-0.39, 0.29) is 5.78 Å². The van der Waals surface area contributed by atoms with Gasteiger partial charge in [-0.2, -0.15) is 0 Å². The van der Waals surface area contributed by atoms with Crippen molar-refractivity contribution in [2.24, 2.45) is 5.73 Å². The molecule has 2 heterocycles. The van der Waals surface area contributed by atoms with Gasteiger partial charge in [-0.3, -0.25) is 9.78 Å². The first kappa shape index (κ1) is 8.90. The number of carbonyl (C=O) groups is 1. The minimum absolute atomic E-state index is 0.0577. The van der Waals surface area contributed by atoms with Crippen LogP contribution in [0.5, 0.6) is 0 Å². The Balaban J connectivity index is 2.48. The quantitative estimate of drug-likeness (QED) is 0.744. The van der Waals surface area contributed by atoms with Crippen LogP contribution in [0.15, 0.2) is 24.5 Å². The monoisotopic (exact) mass is 189 g/mol. The lowest BCUT2D eigenvalue weighted by Gasteiger charge is -2.06. The van der Waals surface area contributed by atoms with Crippen LogP contribution >= 0.6 is 0 Å². The van der Waals surface area contributed by atoms with Crippen molar-refractivity contribution in [1.82, 2.24) is 9.97 Å². The van der Waals surface area contributed by atoms with Crippen LogP contribution in [0.1, 0.15) is 18.5 Å². The van der Waals surface area contributed by atoms with E-state index in [4.69, 9.17) is 5.73 Å². The van der Waals surface area contributed by atoms with Crippen molar-refractivity contribution in [3.8, 4) is 0 Å². The molecule has 0 radical (unpaired) electrons. The first-order valence-corrected chi connectivity index (χ1v) is 4.37. The lowest BCUT2D eigenvalue weighted by atomic mass is 10.1. The van der Waals surface area contributed by atoms with Crippen molar-refractivity contribution >= 4 is 16.8 Å². The Labute approximate surface area is 81.1 Å². The van der Waals surface area contributed by atoms with Gasteiger partial charge in [0.05, 0.1) is 17.1 Å². The number of rotatable bonds is 2. The number of hydrogen-bond acceptors (Lipinski definition) is 3. The molecule has 0 aliphatic heterocycles. The minimum atomic E-state index is -0.574. The van der Waals surface area contributed by atoms with Crippen LogP contribution in [0.25, 0.3) is 11.0 Å². The molecule has 2 aromatic heterocycles. The molecule has 0 aliphatic rings. The zero-order valence-electron chi connectivity index (χ0n) is 7.82. The molecule has 2 aromatic rings. The van der Waals surface area contributed by atoms with E-state index in [1.165, 1.54) is 6.92 Å². The summed E-state index contributed by atoms with van der Waals surface area (Å²) in [5.74, 6) is -0.0577. The van der Waals surface area contributed by atoms with Gasteiger partial charge in [0.1, 0.15) is 0 Å². The zero-order valence-corrected chi connectivity index (χ0v) is 7.82. The second-order valence-corrected chi connectivity index (χ2v) is 3.27. The summed E-state index contributed by atoms with van der Waals surface area (Å²) in [7, 11) is 0. The van der Waals surface area contributed by atoms with E-state index in [0.717, 1.165) is 16.6 Å². The second-order valence-electron chi connectivity index (χ2n) is 3.27. The third-order valence-electron chi connectivity index (χ3n) is 2.22. The first-order chi connectivity index (χ1) is 6.68. The Bertz CT molecular complexity index is 475. The number of nitrogens with one attached hydrogen (secondary N) is 1. The highest BCUT2D eigenvalue weighted by molar-refractivity contribution is 5.84. The van der Waals surface area contributed by atoms with Crippen LogP contribution in [0.3, 0.4) is 0 Å². The lowest BCUT2D eigenvalue weighted by Crippen LogP contribution is -2.18. The Morgan fingerprint density at radius 2 is 2.43 bits per heavy atom. The van der Waals surface area contributed by atoms with Gasteiger partial charge in [-0.25, -0.2) is 0 Å². The van der Waals surface area contributed by atoms with Crippen molar-refractivity contribution < 1.29 is 4.79 Å².